The number of hydrogen-bond acceptors (Lipinski definition) is 4. The first-order valence-corrected chi connectivity index (χ1v) is 9.46. The van der Waals surface area contributed by atoms with Gasteiger partial charge in [0, 0.05) is 5.69 Å². The Morgan fingerprint density at radius 2 is 1.92 bits per heavy atom. The van der Waals surface area contributed by atoms with Crippen LogP contribution in [0.15, 0.2) is 35.2 Å². The van der Waals surface area contributed by atoms with Crippen molar-refractivity contribution in [2.24, 2.45) is 0 Å². The number of nitrogens with one attached hydrogen (secondary N) is 1. The largest absolute Gasteiger partial charge is 0.494 e. The molecule has 5 nitrogen and oxygen atoms in total. The maximum Gasteiger partial charge on any atom is 0.263 e. The molecule has 6 heteroatoms. The maximum absolute atomic E-state index is 12.8. The van der Waals surface area contributed by atoms with Crippen molar-refractivity contribution in [3.63, 3.8) is 0 Å². The SMILES string of the molecule is CCOc1cc(C)c(S(=O)(=O)Nc2cccc(C)n2)cc1C(C)C. The summed E-state index contributed by atoms with van der Waals surface area (Å²) < 4.78 is 33.8. The van der Waals surface area contributed by atoms with Crippen molar-refractivity contribution in [3.8, 4) is 5.75 Å². The summed E-state index contributed by atoms with van der Waals surface area (Å²) in [6.07, 6.45) is 0. The minimum atomic E-state index is -3.72. The van der Waals surface area contributed by atoms with E-state index in [0.717, 1.165) is 17.0 Å². The van der Waals surface area contributed by atoms with Gasteiger partial charge in [-0.1, -0.05) is 19.9 Å². The number of hydrogen-bond donors (Lipinski definition) is 1. The number of aryl methyl sites for hydroxylation is 2. The summed E-state index contributed by atoms with van der Waals surface area (Å²) in [6.45, 7) is 10.1. The predicted octanol–water partition coefficient (Wildman–Crippen LogP) is 4.02. The first-order chi connectivity index (χ1) is 11.2. The van der Waals surface area contributed by atoms with Crippen LogP contribution < -0.4 is 9.46 Å². The minimum Gasteiger partial charge on any atom is -0.494 e. The Morgan fingerprint density at radius 3 is 2.50 bits per heavy atom. The molecule has 0 fully saturated rings. The summed E-state index contributed by atoms with van der Waals surface area (Å²) in [6, 6.07) is 8.71. The van der Waals surface area contributed by atoms with Gasteiger partial charge in [0.2, 0.25) is 0 Å². The van der Waals surface area contributed by atoms with E-state index in [1.165, 1.54) is 0 Å². The van der Waals surface area contributed by atoms with E-state index < -0.39 is 10.0 Å². The summed E-state index contributed by atoms with van der Waals surface area (Å²) in [4.78, 5) is 4.45. The van der Waals surface area contributed by atoms with Gasteiger partial charge in [-0.3, -0.25) is 4.72 Å². The van der Waals surface area contributed by atoms with Crippen LogP contribution >= 0.6 is 0 Å². The van der Waals surface area contributed by atoms with Gasteiger partial charge in [0.15, 0.2) is 0 Å². The normalized spacial score (nSPS) is 11.6. The Bertz CT molecular complexity index is 830. The molecule has 1 aromatic heterocycles. The number of ether oxygens (including phenoxy) is 1. The Morgan fingerprint density at radius 1 is 1.21 bits per heavy atom. The van der Waals surface area contributed by atoms with Gasteiger partial charge in [-0.15, -0.1) is 0 Å². The highest BCUT2D eigenvalue weighted by Gasteiger charge is 2.21. The molecule has 0 radical (unpaired) electrons. The van der Waals surface area contributed by atoms with Gasteiger partial charge in [-0.25, -0.2) is 13.4 Å². The van der Waals surface area contributed by atoms with Gasteiger partial charge in [0.1, 0.15) is 11.6 Å². The van der Waals surface area contributed by atoms with Crippen LogP contribution in [0.1, 0.15) is 43.5 Å². The van der Waals surface area contributed by atoms with Crippen LogP contribution in [0.25, 0.3) is 0 Å². The number of aromatic nitrogens is 1. The average Bonchev–Trinajstić information content (AvgIpc) is 2.46. The van der Waals surface area contributed by atoms with Crippen LogP contribution in [-0.4, -0.2) is 20.0 Å². The smallest absolute Gasteiger partial charge is 0.263 e. The predicted molar refractivity (Wildman–Crippen MR) is 96.2 cm³/mol. The highest BCUT2D eigenvalue weighted by atomic mass is 32.2. The molecule has 0 amide bonds. The molecular weight excluding hydrogens is 324 g/mol. The van der Waals surface area contributed by atoms with Crippen molar-refractivity contribution in [1.82, 2.24) is 4.98 Å². The van der Waals surface area contributed by atoms with E-state index in [9.17, 15) is 8.42 Å². The maximum atomic E-state index is 12.8. The van der Waals surface area contributed by atoms with Gasteiger partial charge >= 0.3 is 0 Å². The zero-order chi connectivity index (χ0) is 17.9. The Hall–Kier alpha value is -2.08. The van der Waals surface area contributed by atoms with E-state index in [-0.39, 0.29) is 10.8 Å². The Balaban J connectivity index is 2.48. The molecule has 130 valence electrons. The van der Waals surface area contributed by atoms with Crippen molar-refractivity contribution in [2.75, 3.05) is 11.3 Å². The summed E-state index contributed by atoms with van der Waals surface area (Å²) in [5.41, 5.74) is 2.27. The molecule has 1 aromatic carbocycles. The fraction of sp³-hybridized carbons (Fsp3) is 0.389. The van der Waals surface area contributed by atoms with Crippen LogP contribution in [0, 0.1) is 13.8 Å². The lowest BCUT2D eigenvalue weighted by molar-refractivity contribution is 0.334. The zero-order valence-electron chi connectivity index (χ0n) is 14.8. The van der Waals surface area contributed by atoms with Crippen LogP contribution in [-0.2, 0) is 10.0 Å². The molecule has 2 aromatic rings. The standard InChI is InChI=1S/C18H24N2O3S/c1-6-23-16-10-13(4)17(11-15(16)12(2)3)24(21,22)20-18-9-7-8-14(5)19-18/h7-12H,6H2,1-5H3,(H,19,20). The van der Waals surface area contributed by atoms with E-state index in [0.29, 0.717) is 18.0 Å². The second-order valence-electron chi connectivity index (χ2n) is 6.01. The third-order valence-corrected chi connectivity index (χ3v) is 5.14. The quantitative estimate of drug-likeness (QED) is 0.856. The first kappa shape index (κ1) is 18.3. The molecule has 0 aliphatic carbocycles. The van der Waals surface area contributed by atoms with Gasteiger partial charge in [-0.2, -0.15) is 0 Å². The summed E-state index contributed by atoms with van der Waals surface area (Å²) in [7, 11) is -3.72. The molecule has 0 saturated carbocycles. The van der Waals surface area contributed by atoms with E-state index >= 15 is 0 Å². The number of nitrogens with zero attached hydrogens (tertiary/aromatic N) is 1. The van der Waals surface area contributed by atoms with Crippen molar-refractivity contribution < 1.29 is 13.2 Å². The third-order valence-electron chi connectivity index (χ3n) is 3.65. The molecule has 1 N–H and O–H groups in total. The van der Waals surface area contributed by atoms with Crippen molar-refractivity contribution >= 4 is 15.8 Å². The van der Waals surface area contributed by atoms with Gasteiger partial charge in [0.05, 0.1) is 11.5 Å². The Kier molecular flexibility index (Phi) is 5.49. The third kappa shape index (κ3) is 4.06. The molecule has 0 aliphatic rings. The van der Waals surface area contributed by atoms with Crippen LogP contribution in [0.5, 0.6) is 5.75 Å². The number of rotatable bonds is 6. The van der Waals surface area contributed by atoms with E-state index in [4.69, 9.17) is 4.74 Å². The average molecular weight is 348 g/mol. The Labute approximate surface area is 144 Å². The number of benzene rings is 1. The molecule has 0 unspecified atom stereocenters. The topological polar surface area (TPSA) is 68.3 Å². The number of anilines is 1. The molecule has 24 heavy (non-hydrogen) atoms. The lowest BCUT2D eigenvalue weighted by atomic mass is 10.0. The second kappa shape index (κ2) is 7.21. The molecule has 0 spiro atoms. The van der Waals surface area contributed by atoms with Gasteiger partial charge in [0.25, 0.3) is 10.0 Å². The minimum absolute atomic E-state index is 0.151. The van der Waals surface area contributed by atoms with Crippen LogP contribution in [0.3, 0.4) is 0 Å². The summed E-state index contributed by atoms with van der Waals surface area (Å²) >= 11 is 0. The number of pyridine rings is 1. The van der Waals surface area contributed by atoms with Gasteiger partial charge in [-0.05, 0) is 62.1 Å². The van der Waals surface area contributed by atoms with Gasteiger partial charge < -0.3 is 4.74 Å². The highest BCUT2D eigenvalue weighted by Crippen LogP contribution is 2.32. The van der Waals surface area contributed by atoms with Crippen molar-refractivity contribution in [3.05, 3.63) is 47.2 Å². The molecule has 2 rings (SSSR count). The fourth-order valence-corrected chi connectivity index (χ4v) is 3.75. The fourth-order valence-electron chi connectivity index (χ4n) is 2.49. The summed E-state index contributed by atoms with van der Waals surface area (Å²) in [5.74, 6) is 1.20. The lowest BCUT2D eigenvalue weighted by Gasteiger charge is -2.17. The first-order valence-electron chi connectivity index (χ1n) is 7.98. The second-order valence-corrected chi connectivity index (χ2v) is 7.66. The van der Waals surface area contributed by atoms with Crippen molar-refractivity contribution in [2.45, 2.75) is 45.4 Å². The van der Waals surface area contributed by atoms with Crippen molar-refractivity contribution in [1.29, 1.82) is 0 Å². The van der Waals surface area contributed by atoms with E-state index in [1.807, 2.05) is 33.8 Å². The van der Waals surface area contributed by atoms with E-state index in [1.54, 1.807) is 31.2 Å². The lowest BCUT2D eigenvalue weighted by Crippen LogP contribution is -2.16. The van der Waals surface area contributed by atoms with E-state index in [2.05, 4.69) is 9.71 Å². The molecule has 0 atom stereocenters. The van der Waals surface area contributed by atoms with Crippen LogP contribution in [0.4, 0.5) is 5.82 Å². The molecule has 0 aliphatic heterocycles. The van der Waals surface area contributed by atoms with Crippen LogP contribution in [0.2, 0.25) is 0 Å². The summed E-state index contributed by atoms with van der Waals surface area (Å²) in [5, 5.41) is 0. The monoisotopic (exact) mass is 348 g/mol. The molecule has 0 saturated heterocycles. The molecular formula is C18H24N2O3S. The zero-order valence-corrected chi connectivity index (χ0v) is 15.6. The highest BCUT2D eigenvalue weighted by molar-refractivity contribution is 7.92. The molecule has 0 bridgehead atoms. The molecule has 1 heterocycles. The number of sulfonamides is 1.